The Kier molecular flexibility index (Phi) is 6.91. The highest BCUT2D eigenvalue weighted by molar-refractivity contribution is 8.15. The minimum Gasteiger partial charge on any atom is -0.356 e. The van der Waals surface area contributed by atoms with Crippen LogP contribution in [-0.2, 0) is 9.59 Å². The third-order valence-corrected chi connectivity index (χ3v) is 4.07. The van der Waals surface area contributed by atoms with E-state index in [0.29, 0.717) is 19.6 Å². The summed E-state index contributed by atoms with van der Waals surface area (Å²) < 4.78 is 0. The van der Waals surface area contributed by atoms with E-state index in [4.69, 9.17) is 0 Å². The van der Waals surface area contributed by atoms with Crippen LogP contribution in [0.15, 0.2) is 4.99 Å². The Labute approximate surface area is 119 Å². The molecule has 0 saturated carbocycles. The molecular formula is C13H23N3O2S. The molecule has 1 atom stereocenters. The third kappa shape index (κ3) is 4.53. The summed E-state index contributed by atoms with van der Waals surface area (Å²) >= 11 is 1.41. The topological polar surface area (TPSA) is 61.8 Å². The lowest BCUT2D eigenvalue weighted by atomic mass is 10.2. The van der Waals surface area contributed by atoms with Crippen molar-refractivity contribution in [3.63, 3.8) is 0 Å². The molecule has 1 fully saturated rings. The number of hydrogen-bond acceptors (Lipinski definition) is 4. The molecule has 1 aliphatic rings. The van der Waals surface area contributed by atoms with Gasteiger partial charge in [-0.3, -0.25) is 19.5 Å². The molecule has 6 heteroatoms. The normalized spacial score (nSPS) is 21.2. The van der Waals surface area contributed by atoms with E-state index in [1.54, 1.807) is 4.90 Å². The fraction of sp³-hybridized carbons (Fsp3) is 0.769. The summed E-state index contributed by atoms with van der Waals surface area (Å²) in [5, 5.41) is 3.29. The molecule has 0 radical (unpaired) electrons. The lowest BCUT2D eigenvalue weighted by Gasteiger charge is -2.13. The van der Waals surface area contributed by atoms with E-state index >= 15 is 0 Å². The predicted octanol–water partition coefficient (Wildman–Crippen LogP) is 1.63. The van der Waals surface area contributed by atoms with Crippen molar-refractivity contribution < 1.29 is 9.59 Å². The summed E-state index contributed by atoms with van der Waals surface area (Å²) in [6.45, 7) is 7.90. The fourth-order valence-electron chi connectivity index (χ4n) is 1.83. The molecule has 1 rings (SSSR count). The maximum atomic E-state index is 12.1. The second-order valence-electron chi connectivity index (χ2n) is 4.35. The smallest absolute Gasteiger partial charge is 0.242 e. The number of hydrogen-bond donors (Lipinski definition) is 1. The minimum atomic E-state index is -0.313. The number of carbonyl (C=O) groups excluding carboxylic acids is 2. The zero-order valence-corrected chi connectivity index (χ0v) is 12.8. The van der Waals surface area contributed by atoms with Gasteiger partial charge in [-0.15, -0.1) is 0 Å². The number of carbonyl (C=O) groups is 2. The first-order valence-corrected chi connectivity index (χ1v) is 7.81. The molecule has 0 unspecified atom stereocenters. The van der Waals surface area contributed by atoms with E-state index in [1.165, 1.54) is 11.8 Å². The summed E-state index contributed by atoms with van der Waals surface area (Å²) in [6, 6.07) is 0. The van der Waals surface area contributed by atoms with Crippen LogP contribution >= 0.6 is 11.8 Å². The average Bonchev–Trinajstić information content (AvgIpc) is 2.66. The van der Waals surface area contributed by atoms with Crippen LogP contribution in [0.1, 0.15) is 40.0 Å². The predicted molar refractivity (Wildman–Crippen MR) is 79.3 cm³/mol. The number of aliphatic imine (C=N–C) groups is 1. The molecule has 0 aromatic heterocycles. The van der Waals surface area contributed by atoms with E-state index in [1.807, 2.05) is 13.8 Å². The zero-order chi connectivity index (χ0) is 14.3. The number of nitrogens with zero attached hydrogens (tertiary/aromatic N) is 2. The Bertz CT molecular complexity index is 358. The van der Waals surface area contributed by atoms with E-state index in [-0.39, 0.29) is 23.5 Å². The van der Waals surface area contributed by atoms with Gasteiger partial charge in [0.1, 0.15) is 5.25 Å². The van der Waals surface area contributed by atoms with Crippen LogP contribution in [0.3, 0.4) is 0 Å². The molecule has 1 heterocycles. The third-order valence-electron chi connectivity index (χ3n) is 2.85. The van der Waals surface area contributed by atoms with Crippen molar-refractivity contribution in [3.8, 4) is 0 Å². The van der Waals surface area contributed by atoms with Gasteiger partial charge in [0.05, 0.1) is 0 Å². The molecule has 0 bridgehead atoms. The highest BCUT2D eigenvalue weighted by Gasteiger charge is 2.37. The number of amides is 2. The first-order chi connectivity index (χ1) is 9.13. The van der Waals surface area contributed by atoms with Gasteiger partial charge >= 0.3 is 0 Å². The average molecular weight is 285 g/mol. The number of rotatable bonds is 7. The Morgan fingerprint density at radius 3 is 2.74 bits per heavy atom. The van der Waals surface area contributed by atoms with Gasteiger partial charge in [0.2, 0.25) is 11.8 Å². The second kappa shape index (κ2) is 8.19. The van der Waals surface area contributed by atoms with Gasteiger partial charge < -0.3 is 5.32 Å². The number of unbranched alkanes of at least 4 members (excludes halogenated alkanes) is 1. The molecule has 1 aliphatic heterocycles. The van der Waals surface area contributed by atoms with Gasteiger partial charge in [0, 0.05) is 26.1 Å². The van der Waals surface area contributed by atoms with Crippen molar-refractivity contribution in [1.29, 1.82) is 0 Å². The molecule has 108 valence electrons. The van der Waals surface area contributed by atoms with E-state index in [9.17, 15) is 9.59 Å². The van der Waals surface area contributed by atoms with E-state index in [2.05, 4.69) is 17.2 Å². The zero-order valence-electron chi connectivity index (χ0n) is 11.9. The highest BCUT2D eigenvalue weighted by atomic mass is 32.2. The van der Waals surface area contributed by atoms with Crippen molar-refractivity contribution in [2.45, 2.75) is 45.3 Å². The van der Waals surface area contributed by atoms with Gasteiger partial charge in [-0.2, -0.15) is 0 Å². The van der Waals surface area contributed by atoms with Crippen LogP contribution in [0.4, 0.5) is 0 Å². The van der Waals surface area contributed by atoms with Crippen LogP contribution in [0.5, 0.6) is 0 Å². The van der Waals surface area contributed by atoms with Gasteiger partial charge in [-0.25, -0.2) is 0 Å². The Balaban J connectivity index is 2.53. The van der Waals surface area contributed by atoms with Gasteiger partial charge in [0.15, 0.2) is 5.17 Å². The SMILES string of the molecule is CCCCNC(=O)C[C@@H]1SC(=NCC)N(CC)C1=O. The minimum absolute atomic E-state index is 0.00495. The van der Waals surface area contributed by atoms with Crippen molar-refractivity contribution in [2.75, 3.05) is 19.6 Å². The molecular weight excluding hydrogens is 262 g/mol. The Morgan fingerprint density at radius 1 is 1.42 bits per heavy atom. The molecule has 0 aromatic carbocycles. The quantitative estimate of drug-likeness (QED) is 0.723. The lowest BCUT2D eigenvalue weighted by molar-refractivity contribution is -0.129. The first kappa shape index (κ1) is 16.0. The number of amidine groups is 1. The molecule has 1 saturated heterocycles. The molecule has 0 aliphatic carbocycles. The largest absolute Gasteiger partial charge is 0.356 e. The van der Waals surface area contributed by atoms with Crippen molar-refractivity contribution >= 4 is 28.7 Å². The van der Waals surface area contributed by atoms with Crippen LogP contribution < -0.4 is 5.32 Å². The maximum Gasteiger partial charge on any atom is 0.242 e. The van der Waals surface area contributed by atoms with Crippen LogP contribution in [0.25, 0.3) is 0 Å². The Hall–Kier alpha value is -1.04. The summed E-state index contributed by atoms with van der Waals surface area (Å²) in [7, 11) is 0. The Morgan fingerprint density at radius 2 is 2.16 bits per heavy atom. The summed E-state index contributed by atoms with van der Waals surface area (Å²) in [5.74, 6) is -0.0431. The molecule has 19 heavy (non-hydrogen) atoms. The molecule has 2 amide bonds. The highest BCUT2D eigenvalue weighted by Crippen LogP contribution is 2.29. The molecule has 0 spiro atoms. The standard InChI is InChI=1S/C13H23N3O2S/c1-4-7-8-15-11(17)9-10-12(18)16(6-3)13(19-10)14-5-2/h10H,4-9H2,1-3H3,(H,15,17)/t10-/m0/s1. The first-order valence-electron chi connectivity index (χ1n) is 6.93. The number of nitrogens with one attached hydrogen (secondary N) is 1. The lowest BCUT2D eigenvalue weighted by Crippen LogP contribution is -2.34. The van der Waals surface area contributed by atoms with Crippen LogP contribution in [0, 0.1) is 0 Å². The maximum absolute atomic E-state index is 12.1. The van der Waals surface area contributed by atoms with E-state index < -0.39 is 0 Å². The second-order valence-corrected chi connectivity index (χ2v) is 5.52. The van der Waals surface area contributed by atoms with Gasteiger partial charge in [-0.05, 0) is 20.3 Å². The van der Waals surface area contributed by atoms with Crippen LogP contribution in [-0.4, -0.2) is 46.8 Å². The van der Waals surface area contributed by atoms with Crippen molar-refractivity contribution in [2.24, 2.45) is 4.99 Å². The number of thioether (sulfide) groups is 1. The fourth-order valence-corrected chi connectivity index (χ4v) is 3.10. The van der Waals surface area contributed by atoms with Gasteiger partial charge in [0.25, 0.3) is 0 Å². The summed E-state index contributed by atoms with van der Waals surface area (Å²) in [4.78, 5) is 29.9. The molecule has 5 nitrogen and oxygen atoms in total. The summed E-state index contributed by atoms with van der Waals surface area (Å²) in [6.07, 6.45) is 2.27. The summed E-state index contributed by atoms with van der Waals surface area (Å²) in [5.41, 5.74) is 0. The van der Waals surface area contributed by atoms with Gasteiger partial charge in [-0.1, -0.05) is 25.1 Å². The van der Waals surface area contributed by atoms with Crippen molar-refractivity contribution in [3.05, 3.63) is 0 Å². The van der Waals surface area contributed by atoms with Crippen molar-refractivity contribution in [1.82, 2.24) is 10.2 Å². The molecule has 1 N–H and O–H groups in total. The molecule has 0 aromatic rings. The van der Waals surface area contributed by atoms with Crippen LogP contribution in [0.2, 0.25) is 0 Å². The van der Waals surface area contributed by atoms with E-state index in [0.717, 1.165) is 18.0 Å². The monoisotopic (exact) mass is 285 g/mol.